The van der Waals surface area contributed by atoms with Crippen molar-refractivity contribution >= 4 is 11.7 Å². The van der Waals surface area contributed by atoms with Crippen molar-refractivity contribution in [2.45, 2.75) is 6.54 Å². The van der Waals surface area contributed by atoms with Gasteiger partial charge < -0.3 is 19.9 Å². The highest BCUT2D eigenvalue weighted by atomic mass is 19.1. The van der Waals surface area contributed by atoms with Gasteiger partial charge in [-0.1, -0.05) is 12.1 Å². The summed E-state index contributed by atoms with van der Waals surface area (Å²) < 4.78 is 32.8. The van der Waals surface area contributed by atoms with Crippen LogP contribution in [-0.2, 0) is 6.54 Å². The summed E-state index contributed by atoms with van der Waals surface area (Å²) in [5.41, 5.74) is 0.841. The number of aromatic nitrogens is 1. The van der Waals surface area contributed by atoms with Crippen molar-refractivity contribution in [2.24, 2.45) is 0 Å². The number of rotatable bonds is 4. The van der Waals surface area contributed by atoms with Gasteiger partial charge in [-0.25, -0.2) is 13.6 Å². The summed E-state index contributed by atoms with van der Waals surface area (Å²) in [4.78, 5) is 19.6. The second-order valence-electron chi connectivity index (χ2n) is 5.89. The zero-order valence-electron chi connectivity index (χ0n) is 14.4. The molecular weight excluding hydrogens is 342 g/mol. The van der Waals surface area contributed by atoms with Crippen molar-refractivity contribution in [3.05, 3.63) is 53.9 Å². The van der Waals surface area contributed by atoms with Crippen molar-refractivity contribution in [3.63, 3.8) is 0 Å². The van der Waals surface area contributed by atoms with Crippen LogP contribution in [0.25, 0.3) is 0 Å². The van der Waals surface area contributed by atoms with E-state index in [1.807, 2.05) is 4.90 Å². The molecule has 0 unspecified atom stereocenters. The van der Waals surface area contributed by atoms with E-state index in [2.05, 4.69) is 10.3 Å². The Balaban J connectivity index is 1.54. The molecule has 2 heterocycles. The first-order chi connectivity index (χ1) is 12.6. The third-order valence-electron chi connectivity index (χ3n) is 4.35. The number of anilines is 1. The number of urea groups is 1. The molecule has 2 amide bonds. The third kappa shape index (κ3) is 3.84. The minimum Gasteiger partial charge on any atom is -0.494 e. The van der Waals surface area contributed by atoms with Gasteiger partial charge in [-0.3, -0.25) is 4.98 Å². The van der Waals surface area contributed by atoms with Gasteiger partial charge in [-0.15, -0.1) is 0 Å². The van der Waals surface area contributed by atoms with Gasteiger partial charge in [0.1, 0.15) is 0 Å². The normalized spacial score (nSPS) is 14.3. The van der Waals surface area contributed by atoms with Crippen LogP contribution in [0, 0.1) is 11.6 Å². The highest BCUT2D eigenvalue weighted by Gasteiger charge is 2.23. The predicted octanol–water partition coefficient (Wildman–Crippen LogP) is 2.40. The maximum absolute atomic E-state index is 14.1. The molecule has 0 atom stereocenters. The van der Waals surface area contributed by atoms with Crippen LogP contribution in [0.4, 0.5) is 19.3 Å². The molecule has 2 aromatic rings. The third-order valence-corrected chi connectivity index (χ3v) is 4.35. The maximum Gasteiger partial charge on any atom is 0.317 e. The van der Waals surface area contributed by atoms with E-state index in [1.54, 1.807) is 29.3 Å². The highest BCUT2D eigenvalue weighted by Crippen LogP contribution is 2.21. The molecule has 0 saturated carbocycles. The standard InChI is InChI=1S/C18H20F2N4O2/c1-26-16-4-2-3-13(17(16)20)11-22-18(25)24-9-7-23(8-10-24)15-5-6-21-12-14(15)19/h2-6,12H,7-11H2,1H3,(H,22,25). The van der Waals surface area contributed by atoms with Gasteiger partial charge in [-0.2, -0.15) is 0 Å². The Hall–Kier alpha value is -2.90. The van der Waals surface area contributed by atoms with Gasteiger partial charge in [0.25, 0.3) is 0 Å². The molecule has 138 valence electrons. The van der Waals surface area contributed by atoms with Gasteiger partial charge in [0.15, 0.2) is 17.4 Å². The number of piperazine rings is 1. The van der Waals surface area contributed by atoms with E-state index >= 15 is 0 Å². The first kappa shape index (κ1) is 17.9. The number of benzene rings is 1. The maximum atomic E-state index is 14.1. The Morgan fingerprint density at radius 3 is 2.69 bits per heavy atom. The number of nitrogens with zero attached hydrogens (tertiary/aromatic N) is 3. The van der Waals surface area contributed by atoms with Crippen molar-refractivity contribution in [1.29, 1.82) is 0 Å². The number of halogens is 2. The molecule has 1 fully saturated rings. The first-order valence-corrected chi connectivity index (χ1v) is 8.28. The van der Waals surface area contributed by atoms with Crippen LogP contribution >= 0.6 is 0 Å². The molecule has 3 rings (SSSR count). The molecule has 1 aromatic carbocycles. The summed E-state index contributed by atoms with van der Waals surface area (Å²) in [6.45, 7) is 2.01. The van der Waals surface area contributed by atoms with Crippen LogP contribution in [-0.4, -0.2) is 49.2 Å². The SMILES string of the molecule is COc1cccc(CNC(=O)N2CCN(c3ccncc3F)CC2)c1F. The molecule has 0 bridgehead atoms. The van der Waals surface area contributed by atoms with E-state index < -0.39 is 5.82 Å². The van der Waals surface area contributed by atoms with Gasteiger partial charge in [0, 0.05) is 44.5 Å². The molecule has 0 radical (unpaired) electrons. The molecule has 1 aliphatic rings. The second kappa shape index (κ2) is 7.99. The monoisotopic (exact) mass is 362 g/mol. The largest absolute Gasteiger partial charge is 0.494 e. The lowest BCUT2D eigenvalue weighted by molar-refractivity contribution is 0.193. The van der Waals surface area contributed by atoms with Gasteiger partial charge in [-0.05, 0) is 12.1 Å². The van der Waals surface area contributed by atoms with E-state index in [4.69, 9.17) is 4.74 Å². The summed E-state index contributed by atoms with van der Waals surface area (Å²) in [5.74, 6) is -0.711. The lowest BCUT2D eigenvalue weighted by atomic mass is 10.2. The molecule has 1 saturated heterocycles. The van der Waals surface area contributed by atoms with E-state index in [1.165, 1.54) is 19.4 Å². The van der Waals surface area contributed by atoms with Crippen LogP contribution in [0.15, 0.2) is 36.7 Å². The summed E-state index contributed by atoms with van der Waals surface area (Å²) in [7, 11) is 1.39. The molecule has 1 aromatic heterocycles. The van der Waals surface area contributed by atoms with Crippen LogP contribution in [0.2, 0.25) is 0 Å². The highest BCUT2D eigenvalue weighted by molar-refractivity contribution is 5.74. The lowest BCUT2D eigenvalue weighted by Crippen LogP contribution is -2.52. The number of ether oxygens (including phenoxy) is 1. The Morgan fingerprint density at radius 2 is 2.00 bits per heavy atom. The predicted molar refractivity (Wildman–Crippen MR) is 93.2 cm³/mol. The van der Waals surface area contributed by atoms with Gasteiger partial charge >= 0.3 is 6.03 Å². The lowest BCUT2D eigenvalue weighted by Gasteiger charge is -2.36. The van der Waals surface area contributed by atoms with Crippen LogP contribution in [0.1, 0.15) is 5.56 Å². The van der Waals surface area contributed by atoms with E-state index in [-0.39, 0.29) is 24.1 Å². The minimum atomic E-state index is -0.478. The topological polar surface area (TPSA) is 57.7 Å². The first-order valence-electron chi connectivity index (χ1n) is 8.28. The molecule has 1 aliphatic heterocycles. The molecule has 0 aliphatic carbocycles. The van der Waals surface area contributed by atoms with Crippen LogP contribution in [0.5, 0.6) is 5.75 Å². The number of carbonyl (C=O) groups excluding carboxylic acids is 1. The number of hydrogen-bond acceptors (Lipinski definition) is 4. The Kier molecular flexibility index (Phi) is 5.50. The number of methoxy groups -OCH3 is 1. The van der Waals surface area contributed by atoms with Crippen molar-refractivity contribution in [2.75, 3.05) is 38.2 Å². The molecular formula is C18H20F2N4O2. The number of pyridine rings is 1. The smallest absolute Gasteiger partial charge is 0.317 e. The van der Waals surface area contributed by atoms with Crippen LogP contribution < -0.4 is 15.0 Å². The Morgan fingerprint density at radius 1 is 1.23 bits per heavy atom. The number of amides is 2. The molecule has 8 heteroatoms. The summed E-state index contributed by atoms with van der Waals surface area (Å²) >= 11 is 0. The fourth-order valence-corrected chi connectivity index (χ4v) is 2.91. The van der Waals surface area contributed by atoms with Crippen molar-refractivity contribution in [3.8, 4) is 5.75 Å². The van der Waals surface area contributed by atoms with E-state index in [9.17, 15) is 13.6 Å². The zero-order chi connectivity index (χ0) is 18.5. The van der Waals surface area contributed by atoms with E-state index in [0.29, 0.717) is 37.4 Å². The number of carbonyl (C=O) groups is 1. The van der Waals surface area contributed by atoms with Gasteiger partial charge in [0.05, 0.1) is 19.0 Å². The zero-order valence-corrected chi connectivity index (χ0v) is 14.4. The van der Waals surface area contributed by atoms with Crippen molar-refractivity contribution in [1.82, 2.24) is 15.2 Å². The Labute approximate surface area is 150 Å². The Bertz CT molecular complexity index is 780. The second-order valence-corrected chi connectivity index (χ2v) is 5.89. The summed E-state index contributed by atoms with van der Waals surface area (Å²) in [6.07, 6.45) is 2.72. The molecule has 26 heavy (non-hydrogen) atoms. The number of hydrogen-bond donors (Lipinski definition) is 1. The molecule has 1 N–H and O–H groups in total. The average molecular weight is 362 g/mol. The molecule has 0 spiro atoms. The van der Waals surface area contributed by atoms with Crippen molar-refractivity contribution < 1.29 is 18.3 Å². The fourth-order valence-electron chi connectivity index (χ4n) is 2.91. The molecule has 6 nitrogen and oxygen atoms in total. The quantitative estimate of drug-likeness (QED) is 0.908. The minimum absolute atomic E-state index is 0.0705. The summed E-state index contributed by atoms with van der Waals surface area (Å²) in [6, 6.07) is 6.14. The average Bonchev–Trinajstić information content (AvgIpc) is 2.67. The van der Waals surface area contributed by atoms with Crippen LogP contribution in [0.3, 0.4) is 0 Å². The number of nitrogens with one attached hydrogen (secondary N) is 1. The van der Waals surface area contributed by atoms with E-state index in [0.717, 1.165) is 0 Å². The summed E-state index contributed by atoms with van der Waals surface area (Å²) in [5, 5.41) is 2.72. The van der Waals surface area contributed by atoms with Gasteiger partial charge in [0.2, 0.25) is 0 Å². The fraction of sp³-hybridized carbons (Fsp3) is 0.333.